The molecule has 26 heavy (non-hydrogen) atoms. The van der Waals surface area contributed by atoms with Gasteiger partial charge >= 0.3 is 0 Å². The molecule has 0 unspecified atom stereocenters. The van der Waals surface area contributed by atoms with Crippen LogP contribution in [0.2, 0.25) is 0 Å². The monoisotopic (exact) mass is 345 g/mol. The first-order chi connectivity index (χ1) is 12.7. The number of nitrogens with zero attached hydrogens (tertiary/aromatic N) is 1. The predicted molar refractivity (Wildman–Crippen MR) is 107 cm³/mol. The summed E-state index contributed by atoms with van der Waals surface area (Å²) in [6.07, 6.45) is 6.08. The molecule has 1 fully saturated rings. The Hall–Kier alpha value is -2.79. The van der Waals surface area contributed by atoms with Gasteiger partial charge in [-0.2, -0.15) is 0 Å². The van der Waals surface area contributed by atoms with Crippen molar-refractivity contribution in [3.05, 3.63) is 47.8 Å². The second-order valence-corrected chi connectivity index (χ2v) is 7.28. The van der Waals surface area contributed by atoms with Gasteiger partial charge in [0.15, 0.2) is 0 Å². The second-order valence-electron chi connectivity index (χ2n) is 7.28. The molecule has 5 N–H and O–H groups in total. The topological polar surface area (TPSA) is 82.5 Å². The first-order valence-corrected chi connectivity index (χ1v) is 9.27. The largest absolute Gasteiger partial charge is 0.397 e. The van der Waals surface area contributed by atoms with E-state index in [-0.39, 0.29) is 0 Å². The zero-order chi connectivity index (χ0) is 17.7. The molecule has 1 saturated heterocycles. The number of fused-ring (bicyclic) bond motifs is 2. The number of nitrogen functional groups attached to an aromatic ring is 1. The van der Waals surface area contributed by atoms with Gasteiger partial charge in [-0.15, -0.1) is 0 Å². The maximum Gasteiger partial charge on any atom is 0.140 e. The maximum atomic E-state index is 6.19. The van der Waals surface area contributed by atoms with E-state index in [1.54, 1.807) is 0 Å². The fourth-order valence-corrected chi connectivity index (χ4v) is 4.31. The van der Waals surface area contributed by atoms with Crippen LogP contribution in [0.1, 0.15) is 29.9 Å². The van der Waals surface area contributed by atoms with Crippen molar-refractivity contribution in [1.82, 2.24) is 20.3 Å². The average Bonchev–Trinajstić information content (AvgIpc) is 3.23. The van der Waals surface area contributed by atoms with Crippen LogP contribution < -0.4 is 11.1 Å². The fourth-order valence-electron chi connectivity index (χ4n) is 4.31. The Morgan fingerprint density at radius 3 is 2.85 bits per heavy atom. The Kier molecular flexibility index (Phi) is 3.50. The standard InChI is InChI=1S/C21H23N5/c1-12-16-10-14(13-4-7-23-8-5-13)2-3-18(16)26-20(12)15-6-9-24-21-19(15)17(22)11-25-21/h2-3,6,9-11,13,23,26H,4-5,7-8,22H2,1H3,(H,24,25). The molecule has 4 aromatic rings. The molecule has 0 amide bonds. The van der Waals surface area contributed by atoms with Crippen molar-refractivity contribution < 1.29 is 0 Å². The minimum absolute atomic E-state index is 0.659. The molecule has 0 aliphatic carbocycles. The lowest BCUT2D eigenvalue weighted by Gasteiger charge is -2.23. The maximum absolute atomic E-state index is 6.19. The third-order valence-electron chi connectivity index (χ3n) is 5.77. The number of nitrogens with two attached hydrogens (primary N) is 1. The number of aromatic nitrogens is 3. The Labute approximate surface area is 152 Å². The number of hydrogen-bond donors (Lipinski definition) is 4. The van der Waals surface area contributed by atoms with Crippen LogP contribution in [0.3, 0.4) is 0 Å². The first-order valence-electron chi connectivity index (χ1n) is 9.27. The van der Waals surface area contributed by atoms with E-state index in [1.165, 1.54) is 34.9 Å². The van der Waals surface area contributed by atoms with Crippen LogP contribution in [-0.4, -0.2) is 28.0 Å². The molecule has 0 atom stereocenters. The summed E-state index contributed by atoms with van der Waals surface area (Å²) < 4.78 is 0. The summed E-state index contributed by atoms with van der Waals surface area (Å²) in [5.74, 6) is 0.659. The van der Waals surface area contributed by atoms with Crippen molar-refractivity contribution in [2.24, 2.45) is 0 Å². The summed E-state index contributed by atoms with van der Waals surface area (Å²) in [5.41, 5.74) is 13.9. The van der Waals surface area contributed by atoms with E-state index in [0.717, 1.165) is 41.1 Å². The third-order valence-corrected chi connectivity index (χ3v) is 5.77. The van der Waals surface area contributed by atoms with Crippen molar-refractivity contribution in [2.45, 2.75) is 25.7 Å². The summed E-state index contributed by atoms with van der Waals surface area (Å²) in [5, 5.41) is 5.74. The molecule has 3 aromatic heterocycles. The molecule has 1 aromatic carbocycles. The van der Waals surface area contributed by atoms with Crippen LogP contribution in [0.15, 0.2) is 36.7 Å². The van der Waals surface area contributed by atoms with E-state index in [0.29, 0.717) is 5.92 Å². The minimum atomic E-state index is 0.659. The lowest BCUT2D eigenvalue weighted by Crippen LogP contribution is -2.26. The van der Waals surface area contributed by atoms with Crippen LogP contribution in [0.25, 0.3) is 33.2 Å². The number of hydrogen-bond acceptors (Lipinski definition) is 3. The Morgan fingerprint density at radius 2 is 2.00 bits per heavy atom. The number of rotatable bonds is 2. The van der Waals surface area contributed by atoms with E-state index in [1.807, 2.05) is 18.5 Å². The van der Waals surface area contributed by atoms with Gasteiger partial charge in [0.25, 0.3) is 0 Å². The summed E-state index contributed by atoms with van der Waals surface area (Å²) in [6.45, 7) is 4.42. The predicted octanol–water partition coefficient (Wildman–Crippen LogP) is 4.07. The molecule has 1 aliphatic heterocycles. The number of piperidine rings is 1. The summed E-state index contributed by atoms with van der Waals surface area (Å²) in [7, 11) is 0. The van der Waals surface area contributed by atoms with Gasteiger partial charge < -0.3 is 21.0 Å². The highest BCUT2D eigenvalue weighted by Gasteiger charge is 2.18. The van der Waals surface area contributed by atoms with Gasteiger partial charge in [0.2, 0.25) is 0 Å². The molecule has 5 nitrogen and oxygen atoms in total. The fraction of sp³-hybridized carbons (Fsp3) is 0.286. The SMILES string of the molecule is Cc1c(-c2ccnc3[nH]cc(N)c23)[nH]c2ccc(C3CCNCC3)cc12. The molecule has 5 rings (SSSR count). The van der Waals surface area contributed by atoms with Gasteiger partial charge in [-0.25, -0.2) is 4.98 Å². The number of aryl methyl sites for hydroxylation is 1. The van der Waals surface area contributed by atoms with Gasteiger partial charge in [0.05, 0.1) is 16.8 Å². The van der Waals surface area contributed by atoms with Crippen LogP contribution in [0, 0.1) is 6.92 Å². The quantitative estimate of drug-likeness (QED) is 0.442. The van der Waals surface area contributed by atoms with Crippen LogP contribution in [-0.2, 0) is 0 Å². The molecule has 0 bridgehead atoms. The van der Waals surface area contributed by atoms with Crippen molar-refractivity contribution in [3.8, 4) is 11.3 Å². The third kappa shape index (κ3) is 2.31. The normalized spacial score (nSPS) is 15.9. The van der Waals surface area contributed by atoms with E-state index in [4.69, 9.17) is 5.73 Å². The number of H-pyrrole nitrogens is 2. The highest BCUT2D eigenvalue weighted by Crippen LogP contribution is 2.37. The summed E-state index contributed by atoms with van der Waals surface area (Å²) in [6, 6.07) is 8.92. The van der Waals surface area contributed by atoms with Crippen LogP contribution in [0.4, 0.5) is 5.69 Å². The molecular weight excluding hydrogens is 322 g/mol. The Morgan fingerprint density at radius 1 is 1.15 bits per heavy atom. The van der Waals surface area contributed by atoms with Crippen LogP contribution in [0.5, 0.6) is 0 Å². The van der Waals surface area contributed by atoms with Crippen LogP contribution >= 0.6 is 0 Å². The number of benzene rings is 1. The highest BCUT2D eigenvalue weighted by molar-refractivity contribution is 6.04. The average molecular weight is 345 g/mol. The minimum Gasteiger partial charge on any atom is -0.397 e. The first kappa shape index (κ1) is 15.5. The van der Waals surface area contributed by atoms with Gasteiger partial charge in [-0.05, 0) is 68.1 Å². The zero-order valence-corrected chi connectivity index (χ0v) is 14.9. The summed E-state index contributed by atoms with van der Waals surface area (Å²) >= 11 is 0. The van der Waals surface area contributed by atoms with Gasteiger partial charge in [0.1, 0.15) is 5.65 Å². The van der Waals surface area contributed by atoms with E-state index < -0.39 is 0 Å². The van der Waals surface area contributed by atoms with Crippen molar-refractivity contribution in [1.29, 1.82) is 0 Å². The molecule has 1 aliphatic rings. The molecular formula is C21H23N5. The Balaban J connectivity index is 1.67. The number of anilines is 1. The van der Waals surface area contributed by atoms with Crippen molar-refractivity contribution >= 4 is 27.6 Å². The molecule has 0 radical (unpaired) electrons. The van der Waals surface area contributed by atoms with E-state index >= 15 is 0 Å². The van der Waals surface area contributed by atoms with Crippen molar-refractivity contribution in [2.75, 3.05) is 18.8 Å². The smallest absolute Gasteiger partial charge is 0.140 e. The molecule has 0 spiro atoms. The summed E-state index contributed by atoms with van der Waals surface area (Å²) in [4.78, 5) is 11.1. The number of nitrogens with one attached hydrogen (secondary N) is 3. The van der Waals surface area contributed by atoms with Gasteiger partial charge in [-0.3, -0.25) is 0 Å². The number of pyridine rings is 1. The molecule has 5 heteroatoms. The van der Waals surface area contributed by atoms with Gasteiger partial charge in [0, 0.05) is 28.9 Å². The Bertz CT molecular complexity index is 1100. The van der Waals surface area contributed by atoms with E-state index in [2.05, 4.69) is 45.4 Å². The molecule has 4 heterocycles. The van der Waals surface area contributed by atoms with Crippen molar-refractivity contribution in [3.63, 3.8) is 0 Å². The highest BCUT2D eigenvalue weighted by atomic mass is 14.9. The second kappa shape index (κ2) is 5.88. The molecule has 0 saturated carbocycles. The zero-order valence-electron chi connectivity index (χ0n) is 14.9. The molecule has 132 valence electrons. The lowest BCUT2D eigenvalue weighted by atomic mass is 9.89. The number of aromatic amines is 2. The van der Waals surface area contributed by atoms with E-state index in [9.17, 15) is 0 Å². The lowest BCUT2D eigenvalue weighted by molar-refractivity contribution is 0.460. The van der Waals surface area contributed by atoms with Gasteiger partial charge in [-0.1, -0.05) is 6.07 Å².